The van der Waals surface area contributed by atoms with E-state index < -0.39 is 0 Å². The molecule has 3 rings (SSSR count). The highest BCUT2D eigenvalue weighted by Crippen LogP contribution is 2.25. The molecule has 0 saturated carbocycles. The van der Waals surface area contributed by atoms with E-state index in [2.05, 4.69) is 15.6 Å². The molecule has 0 radical (unpaired) electrons. The fraction of sp³-hybridized carbons (Fsp3) is 0.227. The molecule has 5 nitrogen and oxygen atoms in total. The summed E-state index contributed by atoms with van der Waals surface area (Å²) >= 11 is 0. The summed E-state index contributed by atoms with van der Waals surface area (Å²) in [5.74, 6) is -0.730. The van der Waals surface area contributed by atoms with E-state index >= 15 is 0 Å². The average molecular weight is 379 g/mol. The molecule has 144 valence electrons. The van der Waals surface area contributed by atoms with Gasteiger partial charge >= 0.3 is 0 Å². The van der Waals surface area contributed by atoms with Gasteiger partial charge in [-0.15, -0.1) is 0 Å². The van der Waals surface area contributed by atoms with Gasteiger partial charge in [0.1, 0.15) is 5.82 Å². The number of hydrogen-bond acceptors (Lipinski definition) is 3. The number of carbonyl (C=O) groups is 2. The summed E-state index contributed by atoms with van der Waals surface area (Å²) in [6.07, 6.45) is 0. The molecule has 3 aromatic rings. The van der Waals surface area contributed by atoms with Crippen molar-refractivity contribution in [2.24, 2.45) is 5.92 Å². The van der Waals surface area contributed by atoms with Crippen LogP contribution in [0.5, 0.6) is 0 Å². The van der Waals surface area contributed by atoms with Gasteiger partial charge in [-0.05, 0) is 36.4 Å². The van der Waals surface area contributed by atoms with Gasteiger partial charge in [-0.2, -0.15) is 0 Å². The normalized spacial score (nSPS) is 10.9. The summed E-state index contributed by atoms with van der Waals surface area (Å²) in [5, 5.41) is 6.33. The van der Waals surface area contributed by atoms with E-state index in [1.165, 1.54) is 12.1 Å². The molecule has 0 aliphatic heterocycles. The molecule has 0 atom stereocenters. The van der Waals surface area contributed by atoms with E-state index in [4.69, 9.17) is 0 Å². The van der Waals surface area contributed by atoms with Crippen molar-refractivity contribution in [3.8, 4) is 11.3 Å². The molecule has 1 aromatic heterocycles. The first kappa shape index (κ1) is 19.5. The third kappa shape index (κ3) is 4.52. The Morgan fingerprint density at radius 1 is 1.00 bits per heavy atom. The highest BCUT2D eigenvalue weighted by molar-refractivity contribution is 6.07. The van der Waals surface area contributed by atoms with E-state index in [0.29, 0.717) is 29.9 Å². The number of halogens is 1. The number of pyridine rings is 1. The van der Waals surface area contributed by atoms with Crippen LogP contribution < -0.4 is 10.6 Å². The molecule has 1 heterocycles. The standard InChI is InChI=1S/C22H22FN3O2/c1-14(2)21(27)24-11-12-25-22(28)18-13-20(15-7-9-16(23)10-8-15)26-19-6-4-3-5-17(18)19/h3-10,13-14H,11-12H2,1-2H3,(H,24,27)(H,25,28). The quantitative estimate of drug-likeness (QED) is 0.644. The van der Waals surface area contributed by atoms with Crippen LogP contribution in [0.25, 0.3) is 22.2 Å². The van der Waals surface area contributed by atoms with Crippen molar-refractivity contribution in [1.29, 1.82) is 0 Å². The number of rotatable bonds is 6. The SMILES string of the molecule is CC(C)C(=O)NCCNC(=O)c1cc(-c2ccc(F)cc2)nc2ccccc12. The molecule has 0 saturated heterocycles. The molecule has 6 heteroatoms. The van der Waals surface area contributed by atoms with Gasteiger partial charge < -0.3 is 10.6 Å². The number of amides is 2. The lowest BCUT2D eigenvalue weighted by Crippen LogP contribution is -2.36. The summed E-state index contributed by atoms with van der Waals surface area (Å²) in [6.45, 7) is 4.30. The minimum absolute atomic E-state index is 0.0535. The molecule has 0 aliphatic rings. The summed E-state index contributed by atoms with van der Waals surface area (Å²) < 4.78 is 13.2. The third-order valence-corrected chi connectivity index (χ3v) is 4.33. The highest BCUT2D eigenvalue weighted by atomic mass is 19.1. The largest absolute Gasteiger partial charge is 0.354 e. The summed E-state index contributed by atoms with van der Waals surface area (Å²) in [5.41, 5.74) is 2.49. The number of hydrogen-bond donors (Lipinski definition) is 2. The van der Waals surface area contributed by atoms with Crippen molar-refractivity contribution < 1.29 is 14.0 Å². The number of nitrogens with one attached hydrogen (secondary N) is 2. The van der Waals surface area contributed by atoms with Crippen molar-refractivity contribution in [3.05, 3.63) is 66.0 Å². The smallest absolute Gasteiger partial charge is 0.252 e. The lowest BCUT2D eigenvalue weighted by atomic mass is 10.0. The molecule has 0 unspecified atom stereocenters. The van der Waals surface area contributed by atoms with E-state index in [1.807, 2.05) is 38.1 Å². The molecule has 0 fully saturated rings. The highest BCUT2D eigenvalue weighted by Gasteiger charge is 2.14. The lowest BCUT2D eigenvalue weighted by Gasteiger charge is -2.12. The molecule has 0 aliphatic carbocycles. The zero-order chi connectivity index (χ0) is 20.1. The van der Waals surface area contributed by atoms with Gasteiger partial charge in [0, 0.05) is 30.0 Å². The van der Waals surface area contributed by atoms with Gasteiger partial charge in [-0.3, -0.25) is 9.59 Å². The van der Waals surface area contributed by atoms with Crippen molar-refractivity contribution in [1.82, 2.24) is 15.6 Å². The first-order valence-corrected chi connectivity index (χ1v) is 9.17. The molecule has 0 bridgehead atoms. The average Bonchev–Trinajstić information content (AvgIpc) is 2.70. The first-order chi connectivity index (χ1) is 13.5. The number of nitrogens with zero attached hydrogens (tertiary/aromatic N) is 1. The van der Waals surface area contributed by atoms with Crippen LogP contribution in [-0.2, 0) is 4.79 Å². The zero-order valence-corrected chi connectivity index (χ0v) is 15.8. The zero-order valence-electron chi connectivity index (χ0n) is 15.8. The van der Waals surface area contributed by atoms with Gasteiger partial charge in [0.2, 0.25) is 5.91 Å². The Hall–Kier alpha value is -3.28. The fourth-order valence-corrected chi connectivity index (χ4v) is 2.79. The summed E-state index contributed by atoms with van der Waals surface area (Å²) in [7, 11) is 0. The Morgan fingerprint density at radius 3 is 2.39 bits per heavy atom. The second-order valence-electron chi connectivity index (χ2n) is 6.78. The maximum atomic E-state index is 13.2. The number of carbonyl (C=O) groups excluding carboxylic acids is 2. The monoisotopic (exact) mass is 379 g/mol. The number of para-hydroxylation sites is 1. The maximum absolute atomic E-state index is 13.2. The lowest BCUT2D eigenvalue weighted by molar-refractivity contribution is -0.123. The summed E-state index contributed by atoms with van der Waals surface area (Å²) in [4.78, 5) is 29.0. The second kappa shape index (κ2) is 8.61. The predicted octanol–water partition coefficient (Wildman–Crippen LogP) is 3.54. The van der Waals surface area contributed by atoms with Gasteiger partial charge in [-0.1, -0.05) is 32.0 Å². The number of benzene rings is 2. The maximum Gasteiger partial charge on any atom is 0.252 e. The van der Waals surface area contributed by atoms with Crippen LogP contribution in [0.2, 0.25) is 0 Å². The van der Waals surface area contributed by atoms with Crippen LogP contribution in [0.4, 0.5) is 4.39 Å². The predicted molar refractivity (Wildman–Crippen MR) is 107 cm³/mol. The first-order valence-electron chi connectivity index (χ1n) is 9.17. The van der Waals surface area contributed by atoms with E-state index in [0.717, 1.165) is 10.9 Å². The van der Waals surface area contributed by atoms with Gasteiger partial charge in [0.05, 0.1) is 16.8 Å². The Labute approximate surface area is 163 Å². The Morgan fingerprint density at radius 2 is 1.68 bits per heavy atom. The Balaban J connectivity index is 1.83. The second-order valence-corrected chi connectivity index (χ2v) is 6.78. The van der Waals surface area contributed by atoms with Crippen molar-refractivity contribution >= 4 is 22.7 Å². The molecule has 2 aromatic carbocycles. The topological polar surface area (TPSA) is 71.1 Å². The molecular formula is C22H22FN3O2. The molecule has 2 N–H and O–H groups in total. The van der Waals surface area contributed by atoms with Crippen LogP contribution >= 0.6 is 0 Å². The fourth-order valence-electron chi connectivity index (χ4n) is 2.79. The van der Waals surface area contributed by atoms with E-state index in [1.54, 1.807) is 18.2 Å². The van der Waals surface area contributed by atoms with Crippen LogP contribution in [0, 0.1) is 11.7 Å². The van der Waals surface area contributed by atoms with Crippen LogP contribution in [0.3, 0.4) is 0 Å². The van der Waals surface area contributed by atoms with Gasteiger partial charge in [0.25, 0.3) is 5.91 Å². The third-order valence-electron chi connectivity index (χ3n) is 4.33. The minimum Gasteiger partial charge on any atom is -0.354 e. The van der Waals surface area contributed by atoms with Crippen molar-refractivity contribution in [2.75, 3.05) is 13.1 Å². The number of aromatic nitrogens is 1. The Kier molecular flexibility index (Phi) is 5.99. The molecule has 0 spiro atoms. The minimum atomic E-state index is -0.328. The van der Waals surface area contributed by atoms with E-state index in [-0.39, 0.29) is 23.5 Å². The van der Waals surface area contributed by atoms with Crippen LogP contribution in [-0.4, -0.2) is 29.9 Å². The van der Waals surface area contributed by atoms with Gasteiger partial charge in [-0.25, -0.2) is 9.37 Å². The van der Waals surface area contributed by atoms with Gasteiger partial charge in [0.15, 0.2) is 0 Å². The molecule has 2 amide bonds. The summed E-state index contributed by atoms with van der Waals surface area (Å²) in [6, 6.07) is 15.1. The molecular weight excluding hydrogens is 357 g/mol. The van der Waals surface area contributed by atoms with Crippen LogP contribution in [0.1, 0.15) is 24.2 Å². The van der Waals surface area contributed by atoms with Crippen molar-refractivity contribution in [2.45, 2.75) is 13.8 Å². The van der Waals surface area contributed by atoms with Crippen molar-refractivity contribution in [3.63, 3.8) is 0 Å². The molecule has 28 heavy (non-hydrogen) atoms. The van der Waals surface area contributed by atoms with Crippen LogP contribution in [0.15, 0.2) is 54.6 Å². The number of fused-ring (bicyclic) bond motifs is 1. The van der Waals surface area contributed by atoms with E-state index in [9.17, 15) is 14.0 Å². The Bertz CT molecular complexity index is 1000.